The van der Waals surface area contributed by atoms with Crippen molar-refractivity contribution in [1.82, 2.24) is 14.5 Å². The summed E-state index contributed by atoms with van der Waals surface area (Å²) in [4.78, 5) is 14.6. The first-order valence-corrected chi connectivity index (χ1v) is 10.2. The summed E-state index contributed by atoms with van der Waals surface area (Å²) in [5.74, 6) is 0.210. The molecule has 2 aliphatic rings. The summed E-state index contributed by atoms with van der Waals surface area (Å²) >= 11 is 0. The van der Waals surface area contributed by atoms with Crippen LogP contribution in [0, 0.1) is 33.6 Å². The van der Waals surface area contributed by atoms with E-state index in [1.807, 2.05) is 33.8 Å². The van der Waals surface area contributed by atoms with Gasteiger partial charge in [0, 0.05) is 39.3 Å². The zero-order chi connectivity index (χ0) is 18.4. The van der Waals surface area contributed by atoms with Gasteiger partial charge in [0.25, 0.3) is 0 Å². The maximum Gasteiger partial charge on any atom is 0.243 e. The van der Waals surface area contributed by atoms with Crippen LogP contribution >= 0.6 is 12.4 Å². The SMILES string of the molecule is Cc1cc(C)c(C)c(S(=O)(=O)N2CCN(C(=O)C3CNC3)CC2)c1C.Cl. The lowest BCUT2D eigenvalue weighted by Crippen LogP contribution is -2.57. The van der Waals surface area contributed by atoms with Crippen molar-refractivity contribution < 1.29 is 13.2 Å². The third-order valence-corrected chi connectivity index (χ3v) is 7.75. The van der Waals surface area contributed by atoms with Crippen LogP contribution in [0.3, 0.4) is 0 Å². The number of aryl methyl sites for hydroxylation is 2. The Morgan fingerprint density at radius 2 is 1.50 bits per heavy atom. The fourth-order valence-corrected chi connectivity index (χ4v) is 5.57. The lowest BCUT2D eigenvalue weighted by molar-refractivity contribution is -0.138. The Labute approximate surface area is 162 Å². The number of amides is 1. The number of carbonyl (C=O) groups is 1. The molecule has 1 aromatic rings. The van der Waals surface area contributed by atoms with E-state index in [1.54, 1.807) is 4.90 Å². The van der Waals surface area contributed by atoms with E-state index in [2.05, 4.69) is 5.32 Å². The molecule has 3 rings (SSSR count). The van der Waals surface area contributed by atoms with Crippen LogP contribution in [-0.2, 0) is 14.8 Å². The number of piperazine rings is 1. The fourth-order valence-electron chi connectivity index (χ4n) is 3.57. The van der Waals surface area contributed by atoms with Gasteiger partial charge in [-0.2, -0.15) is 4.31 Å². The first-order valence-electron chi connectivity index (χ1n) is 8.80. The number of hydrogen-bond donors (Lipinski definition) is 1. The van der Waals surface area contributed by atoms with Gasteiger partial charge in [-0.1, -0.05) is 6.07 Å². The summed E-state index contributed by atoms with van der Waals surface area (Å²) in [5, 5.41) is 3.10. The summed E-state index contributed by atoms with van der Waals surface area (Å²) in [6.45, 7) is 10.8. The molecule has 2 aliphatic heterocycles. The number of carbonyl (C=O) groups excluding carboxylic acids is 1. The van der Waals surface area contributed by atoms with Crippen LogP contribution in [0.2, 0.25) is 0 Å². The number of sulfonamides is 1. The normalized spacial score (nSPS) is 19.0. The minimum atomic E-state index is -3.55. The van der Waals surface area contributed by atoms with E-state index in [1.165, 1.54) is 4.31 Å². The highest BCUT2D eigenvalue weighted by molar-refractivity contribution is 7.89. The van der Waals surface area contributed by atoms with Gasteiger partial charge in [0.1, 0.15) is 0 Å². The second-order valence-electron chi connectivity index (χ2n) is 7.17. The van der Waals surface area contributed by atoms with Crippen LogP contribution in [0.4, 0.5) is 0 Å². The average molecular weight is 402 g/mol. The van der Waals surface area contributed by atoms with Crippen molar-refractivity contribution in [2.75, 3.05) is 39.3 Å². The lowest BCUT2D eigenvalue weighted by atomic mass is 10.0. The van der Waals surface area contributed by atoms with E-state index in [-0.39, 0.29) is 24.2 Å². The molecule has 0 atom stereocenters. The van der Waals surface area contributed by atoms with Crippen molar-refractivity contribution in [3.63, 3.8) is 0 Å². The molecule has 1 N–H and O–H groups in total. The molecule has 1 amide bonds. The third-order valence-electron chi connectivity index (χ3n) is 5.58. The highest BCUT2D eigenvalue weighted by Crippen LogP contribution is 2.29. The first kappa shape index (κ1) is 21.2. The summed E-state index contributed by atoms with van der Waals surface area (Å²) in [5.41, 5.74) is 3.63. The van der Waals surface area contributed by atoms with Gasteiger partial charge in [0.2, 0.25) is 15.9 Å². The number of nitrogens with one attached hydrogen (secondary N) is 1. The Kier molecular flexibility index (Phi) is 6.38. The zero-order valence-electron chi connectivity index (χ0n) is 15.8. The molecule has 0 aromatic heterocycles. The van der Waals surface area contributed by atoms with Crippen LogP contribution in [-0.4, -0.2) is 62.8 Å². The van der Waals surface area contributed by atoms with Crippen molar-refractivity contribution in [2.24, 2.45) is 5.92 Å². The Hall–Kier alpha value is -1.15. The zero-order valence-corrected chi connectivity index (χ0v) is 17.5. The number of rotatable bonds is 3. The van der Waals surface area contributed by atoms with E-state index < -0.39 is 10.0 Å². The van der Waals surface area contributed by atoms with E-state index in [9.17, 15) is 13.2 Å². The topological polar surface area (TPSA) is 69.7 Å². The maximum atomic E-state index is 13.2. The van der Waals surface area contributed by atoms with Gasteiger partial charge in [-0.05, 0) is 49.9 Å². The van der Waals surface area contributed by atoms with Gasteiger partial charge < -0.3 is 10.2 Å². The number of hydrogen-bond acceptors (Lipinski definition) is 4. The van der Waals surface area contributed by atoms with E-state index in [4.69, 9.17) is 0 Å². The van der Waals surface area contributed by atoms with Gasteiger partial charge in [-0.3, -0.25) is 4.79 Å². The maximum absolute atomic E-state index is 13.2. The van der Waals surface area contributed by atoms with Gasteiger partial charge >= 0.3 is 0 Å². The van der Waals surface area contributed by atoms with Gasteiger partial charge in [-0.25, -0.2) is 8.42 Å². The van der Waals surface area contributed by atoms with Crippen LogP contribution < -0.4 is 5.32 Å². The number of halogens is 1. The highest BCUT2D eigenvalue weighted by Gasteiger charge is 2.35. The van der Waals surface area contributed by atoms with Gasteiger partial charge in [0.05, 0.1) is 10.8 Å². The lowest BCUT2D eigenvalue weighted by Gasteiger charge is -2.38. The van der Waals surface area contributed by atoms with Crippen molar-refractivity contribution in [1.29, 1.82) is 0 Å². The minimum Gasteiger partial charge on any atom is -0.340 e. The Morgan fingerprint density at radius 1 is 1.00 bits per heavy atom. The molecular weight excluding hydrogens is 374 g/mol. The number of benzene rings is 1. The summed E-state index contributed by atoms with van der Waals surface area (Å²) in [7, 11) is -3.55. The smallest absolute Gasteiger partial charge is 0.243 e. The van der Waals surface area contributed by atoms with Crippen LogP contribution in [0.1, 0.15) is 22.3 Å². The molecule has 0 unspecified atom stereocenters. The second-order valence-corrected chi connectivity index (χ2v) is 9.05. The second kappa shape index (κ2) is 7.84. The molecule has 6 nitrogen and oxygen atoms in total. The molecular formula is C18H28ClN3O3S. The first-order chi connectivity index (χ1) is 11.7. The minimum absolute atomic E-state index is 0. The summed E-state index contributed by atoms with van der Waals surface area (Å²) in [6.07, 6.45) is 0. The van der Waals surface area contributed by atoms with Crippen LogP contribution in [0.25, 0.3) is 0 Å². The Morgan fingerprint density at radius 3 is 1.92 bits per heavy atom. The van der Waals surface area contributed by atoms with E-state index in [0.717, 1.165) is 35.3 Å². The molecule has 0 radical (unpaired) electrons. The number of nitrogens with zero attached hydrogens (tertiary/aromatic N) is 2. The Balaban J connectivity index is 0.00000243. The van der Waals surface area contributed by atoms with E-state index >= 15 is 0 Å². The molecule has 2 fully saturated rings. The molecule has 2 saturated heterocycles. The van der Waals surface area contributed by atoms with E-state index in [0.29, 0.717) is 31.1 Å². The summed E-state index contributed by atoms with van der Waals surface area (Å²) in [6, 6.07) is 2.03. The monoisotopic (exact) mass is 401 g/mol. The van der Waals surface area contributed by atoms with Crippen molar-refractivity contribution in [3.8, 4) is 0 Å². The largest absolute Gasteiger partial charge is 0.340 e. The molecule has 146 valence electrons. The molecule has 0 bridgehead atoms. The van der Waals surface area contributed by atoms with Crippen molar-refractivity contribution >= 4 is 28.3 Å². The molecule has 0 saturated carbocycles. The molecule has 0 aliphatic carbocycles. The molecule has 26 heavy (non-hydrogen) atoms. The van der Waals surface area contributed by atoms with Crippen LogP contribution in [0.15, 0.2) is 11.0 Å². The molecule has 8 heteroatoms. The van der Waals surface area contributed by atoms with Crippen molar-refractivity contribution in [3.05, 3.63) is 28.3 Å². The fraction of sp³-hybridized carbons (Fsp3) is 0.611. The predicted molar refractivity (Wildman–Crippen MR) is 104 cm³/mol. The molecule has 1 aromatic carbocycles. The molecule has 2 heterocycles. The Bertz CT molecular complexity index is 772. The molecule has 0 spiro atoms. The quantitative estimate of drug-likeness (QED) is 0.831. The van der Waals surface area contributed by atoms with Gasteiger partial charge in [0.15, 0.2) is 0 Å². The third kappa shape index (κ3) is 3.63. The van der Waals surface area contributed by atoms with Gasteiger partial charge in [-0.15, -0.1) is 12.4 Å². The highest BCUT2D eigenvalue weighted by atomic mass is 35.5. The standard InChI is InChI=1S/C18H27N3O3S.ClH/c1-12-9-13(2)15(4)17(14(12)3)25(23,24)21-7-5-20(6-8-21)18(22)16-10-19-11-16;/h9,16,19H,5-8,10-11H2,1-4H3;1H. The van der Waals surface area contributed by atoms with Crippen molar-refractivity contribution in [2.45, 2.75) is 32.6 Å². The predicted octanol–water partition coefficient (Wildman–Crippen LogP) is 1.39. The summed E-state index contributed by atoms with van der Waals surface area (Å²) < 4.78 is 28.0. The van der Waals surface area contributed by atoms with Crippen LogP contribution in [0.5, 0.6) is 0 Å². The average Bonchev–Trinajstić information content (AvgIpc) is 2.51.